The molecule has 2 aromatic heterocycles. The van der Waals surface area contributed by atoms with Gasteiger partial charge in [0.25, 0.3) is 0 Å². The molecule has 5 nitrogen and oxygen atoms in total. The number of benzene rings is 1. The number of nitrogens with zero attached hydrogens (tertiary/aromatic N) is 2. The highest BCUT2D eigenvalue weighted by Gasteiger charge is 2.04. The molecule has 0 spiro atoms. The molecule has 0 saturated carbocycles. The van der Waals surface area contributed by atoms with Crippen molar-refractivity contribution in [1.82, 2.24) is 20.4 Å². The van der Waals surface area contributed by atoms with Crippen LogP contribution in [0.4, 0.5) is 0 Å². The minimum Gasteiger partial charge on any atom is -0.361 e. The predicted molar refractivity (Wildman–Crippen MR) is 73.0 cm³/mol. The minimum atomic E-state index is 0.651. The summed E-state index contributed by atoms with van der Waals surface area (Å²) in [6.07, 6.45) is 4.15. The van der Waals surface area contributed by atoms with E-state index in [9.17, 15) is 0 Å². The molecule has 0 radical (unpaired) electrons. The quantitative estimate of drug-likeness (QED) is 0.703. The second-order valence-electron chi connectivity index (χ2n) is 4.27. The van der Waals surface area contributed by atoms with Crippen molar-refractivity contribution in [1.29, 1.82) is 0 Å². The van der Waals surface area contributed by atoms with Crippen LogP contribution >= 0.6 is 11.6 Å². The van der Waals surface area contributed by atoms with Gasteiger partial charge in [0.05, 0.1) is 0 Å². The van der Waals surface area contributed by atoms with Gasteiger partial charge in [-0.05, 0) is 17.7 Å². The maximum absolute atomic E-state index is 5.95. The van der Waals surface area contributed by atoms with Gasteiger partial charge in [-0.15, -0.1) is 0 Å². The van der Waals surface area contributed by atoms with Crippen LogP contribution in [0.15, 0.2) is 35.2 Å². The third-order valence-electron chi connectivity index (χ3n) is 2.97. The molecule has 2 N–H and O–H groups in total. The molecular weight excluding hydrogens is 264 g/mol. The highest BCUT2D eigenvalue weighted by molar-refractivity contribution is 6.31. The Morgan fingerprint density at radius 2 is 2.32 bits per heavy atom. The van der Waals surface area contributed by atoms with E-state index in [0.717, 1.165) is 30.0 Å². The van der Waals surface area contributed by atoms with E-state index in [2.05, 4.69) is 20.4 Å². The van der Waals surface area contributed by atoms with Crippen LogP contribution in [0.2, 0.25) is 5.02 Å². The largest absolute Gasteiger partial charge is 0.361 e. The van der Waals surface area contributed by atoms with Gasteiger partial charge in [-0.25, -0.2) is 0 Å². The lowest BCUT2D eigenvalue weighted by Crippen LogP contribution is -2.16. The fourth-order valence-corrected chi connectivity index (χ4v) is 2.20. The van der Waals surface area contributed by atoms with Crippen LogP contribution in [0.25, 0.3) is 10.9 Å². The second kappa shape index (κ2) is 5.42. The Labute approximate surface area is 115 Å². The van der Waals surface area contributed by atoms with E-state index in [-0.39, 0.29) is 0 Å². The van der Waals surface area contributed by atoms with Crippen LogP contribution in [-0.4, -0.2) is 21.7 Å². The number of hydrogen-bond donors (Lipinski definition) is 2. The fraction of sp³-hybridized carbons (Fsp3) is 0.231. The predicted octanol–water partition coefficient (Wildman–Crippen LogP) is 2.54. The first-order valence-corrected chi connectivity index (χ1v) is 6.42. The van der Waals surface area contributed by atoms with Crippen molar-refractivity contribution >= 4 is 22.5 Å². The first-order valence-electron chi connectivity index (χ1n) is 6.05. The van der Waals surface area contributed by atoms with Gasteiger partial charge < -0.3 is 14.8 Å². The van der Waals surface area contributed by atoms with E-state index in [0.29, 0.717) is 5.89 Å². The van der Waals surface area contributed by atoms with Crippen LogP contribution in [0, 0.1) is 0 Å². The molecule has 0 saturated heterocycles. The van der Waals surface area contributed by atoms with Crippen LogP contribution in [-0.2, 0) is 13.0 Å². The number of rotatable bonds is 5. The summed E-state index contributed by atoms with van der Waals surface area (Å²) in [7, 11) is 0. The van der Waals surface area contributed by atoms with Gasteiger partial charge in [-0.2, -0.15) is 4.98 Å². The molecular formula is C13H13ClN4O. The number of H-pyrrole nitrogens is 1. The van der Waals surface area contributed by atoms with Crippen molar-refractivity contribution in [2.75, 3.05) is 6.54 Å². The van der Waals surface area contributed by atoms with Gasteiger partial charge >= 0.3 is 0 Å². The van der Waals surface area contributed by atoms with Gasteiger partial charge in [0, 0.05) is 41.6 Å². The zero-order valence-corrected chi connectivity index (χ0v) is 10.9. The van der Waals surface area contributed by atoms with Crippen molar-refractivity contribution in [3.05, 3.63) is 47.2 Å². The Bertz CT molecular complexity index is 662. The first kappa shape index (κ1) is 12.2. The van der Waals surface area contributed by atoms with E-state index in [4.69, 9.17) is 16.1 Å². The molecule has 0 aliphatic carbocycles. The van der Waals surface area contributed by atoms with Crippen molar-refractivity contribution in [2.45, 2.75) is 13.0 Å². The summed E-state index contributed by atoms with van der Waals surface area (Å²) in [4.78, 5) is 7.19. The second-order valence-corrected chi connectivity index (χ2v) is 4.70. The topological polar surface area (TPSA) is 66.7 Å². The standard InChI is InChI=1S/C13H13ClN4O/c14-10-1-2-11-9(7-16-12(11)5-10)6-15-4-3-13-17-8-18-19-13/h1-2,5,7-8,15-16H,3-4,6H2. The Morgan fingerprint density at radius 3 is 3.16 bits per heavy atom. The van der Waals surface area contributed by atoms with Gasteiger partial charge in [0.15, 0.2) is 6.33 Å². The minimum absolute atomic E-state index is 0.651. The van der Waals surface area contributed by atoms with Crippen LogP contribution in [0.1, 0.15) is 11.5 Å². The first-order chi connectivity index (χ1) is 9.33. The van der Waals surface area contributed by atoms with E-state index < -0.39 is 0 Å². The molecule has 0 amide bonds. The number of nitrogens with one attached hydrogen (secondary N) is 2. The summed E-state index contributed by atoms with van der Waals surface area (Å²) < 4.78 is 4.93. The molecule has 2 heterocycles. The van der Waals surface area contributed by atoms with Gasteiger partial charge in [0.2, 0.25) is 5.89 Å². The molecule has 3 aromatic rings. The number of aromatic amines is 1. The molecule has 19 heavy (non-hydrogen) atoms. The number of hydrogen-bond acceptors (Lipinski definition) is 4. The van der Waals surface area contributed by atoms with Crippen molar-refractivity contribution in [3.8, 4) is 0 Å². The lowest BCUT2D eigenvalue weighted by Gasteiger charge is -2.02. The van der Waals surface area contributed by atoms with Gasteiger partial charge in [0.1, 0.15) is 0 Å². The molecule has 0 unspecified atom stereocenters. The molecule has 0 fully saturated rings. The van der Waals surface area contributed by atoms with Crippen LogP contribution in [0.5, 0.6) is 0 Å². The summed E-state index contributed by atoms with van der Waals surface area (Å²) in [6.45, 7) is 1.58. The summed E-state index contributed by atoms with van der Waals surface area (Å²) in [5.74, 6) is 0.651. The normalized spacial score (nSPS) is 11.2. The lowest BCUT2D eigenvalue weighted by atomic mass is 10.2. The van der Waals surface area contributed by atoms with Gasteiger partial charge in [-0.1, -0.05) is 22.8 Å². The van der Waals surface area contributed by atoms with E-state index in [1.165, 1.54) is 17.3 Å². The third kappa shape index (κ3) is 2.77. The maximum Gasteiger partial charge on any atom is 0.227 e. The molecule has 6 heteroatoms. The monoisotopic (exact) mass is 276 g/mol. The molecule has 1 aromatic carbocycles. The van der Waals surface area contributed by atoms with Gasteiger partial charge in [-0.3, -0.25) is 0 Å². The Kier molecular flexibility index (Phi) is 3.48. The maximum atomic E-state index is 5.95. The summed E-state index contributed by atoms with van der Waals surface area (Å²) >= 11 is 5.95. The molecule has 0 atom stereocenters. The van der Waals surface area contributed by atoms with E-state index in [1.54, 1.807) is 0 Å². The molecule has 0 aliphatic rings. The number of fused-ring (bicyclic) bond motifs is 1. The van der Waals surface area contributed by atoms with E-state index >= 15 is 0 Å². The van der Waals surface area contributed by atoms with Crippen molar-refractivity contribution in [3.63, 3.8) is 0 Å². The average molecular weight is 277 g/mol. The lowest BCUT2D eigenvalue weighted by molar-refractivity contribution is 0.375. The summed E-state index contributed by atoms with van der Waals surface area (Å²) in [5.41, 5.74) is 2.28. The molecule has 0 aliphatic heterocycles. The SMILES string of the molecule is Clc1ccc2c(CNCCc3ncno3)c[nH]c2c1. The summed E-state index contributed by atoms with van der Waals surface area (Å²) in [5, 5.41) is 8.85. The molecule has 98 valence electrons. The third-order valence-corrected chi connectivity index (χ3v) is 3.20. The van der Waals surface area contributed by atoms with Crippen LogP contribution in [0.3, 0.4) is 0 Å². The summed E-state index contributed by atoms with van der Waals surface area (Å²) in [6, 6.07) is 5.86. The fourth-order valence-electron chi connectivity index (χ4n) is 2.03. The molecule has 3 rings (SSSR count). The Balaban J connectivity index is 1.59. The zero-order valence-electron chi connectivity index (χ0n) is 10.2. The van der Waals surface area contributed by atoms with E-state index in [1.807, 2.05) is 24.4 Å². The highest BCUT2D eigenvalue weighted by Crippen LogP contribution is 2.21. The number of halogens is 1. The number of aromatic nitrogens is 3. The Morgan fingerprint density at radius 1 is 1.37 bits per heavy atom. The highest BCUT2D eigenvalue weighted by atomic mass is 35.5. The average Bonchev–Trinajstić information content (AvgIpc) is 3.03. The zero-order chi connectivity index (χ0) is 13.1. The van der Waals surface area contributed by atoms with Crippen molar-refractivity contribution < 1.29 is 4.52 Å². The molecule has 0 bridgehead atoms. The van der Waals surface area contributed by atoms with Crippen LogP contribution < -0.4 is 5.32 Å². The smallest absolute Gasteiger partial charge is 0.227 e. The Hall–Kier alpha value is -1.85. The van der Waals surface area contributed by atoms with Crippen molar-refractivity contribution in [2.24, 2.45) is 0 Å².